The Hall–Kier alpha value is -8.26. The molecule has 3 aliphatic carbocycles. The normalized spacial score (nSPS) is 15.5. The second-order valence-corrected chi connectivity index (χ2v) is 18.8. The van der Waals surface area contributed by atoms with E-state index in [0.29, 0.717) is 0 Å². The Labute approximate surface area is 385 Å². The van der Waals surface area contributed by atoms with E-state index < -0.39 is 0 Å². The Morgan fingerprint density at radius 2 is 0.909 bits per heavy atom. The van der Waals surface area contributed by atoms with Crippen LogP contribution in [0.2, 0.25) is 0 Å². The van der Waals surface area contributed by atoms with Gasteiger partial charge < -0.3 is 14.4 Å². The first-order chi connectivity index (χ1) is 32.4. The molecule has 4 heteroatoms. The lowest BCUT2D eigenvalue weighted by Crippen LogP contribution is -2.26. The summed E-state index contributed by atoms with van der Waals surface area (Å²) < 4.78 is 12.7. The molecule has 2 aliphatic heterocycles. The Morgan fingerprint density at radius 3 is 1.48 bits per heavy atom. The van der Waals surface area contributed by atoms with Gasteiger partial charge in [-0.1, -0.05) is 147 Å². The van der Waals surface area contributed by atoms with Crippen molar-refractivity contribution in [2.24, 2.45) is 0 Å². The molecule has 0 atom stereocenters. The minimum atomic E-state index is -0.242. The zero-order valence-electron chi connectivity index (χ0n) is 36.6. The molecule has 4 nitrogen and oxygen atoms in total. The molecule has 9 aromatic carbocycles. The molecule has 0 radical (unpaired) electrons. The lowest BCUT2D eigenvalue weighted by atomic mass is 9.75. The topological polar surface area (TPSA) is 24.9 Å². The van der Waals surface area contributed by atoms with E-state index in [2.05, 4.69) is 194 Å². The SMILES string of the molecule is CC1(C)c2cc(N3c4ccccc4Oc4ccccc43)c#cc2-c2ccc(/C=C/c3ccc4c(c3)C3(Cc5ccccc5C3)c3cc(N5c6ccccc6Oc6ccccc65)ccc3-4)cc21. The van der Waals surface area contributed by atoms with Crippen molar-refractivity contribution < 1.29 is 9.47 Å². The summed E-state index contributed by atoms with van der Waals surface area (Å²) in [5, 5.41) is 0. The fourth-order valence-electron chi connectivity index (χ4n) is 11.7. The highest BCUT2D eigenvalue weighted by molar-refractivity contribution is 5.92. The van der Waals surface area contributed by atoms with Gasteiger partial charge in [-0.3, -0.25) is 4.90 Å². The molecular formula is C62H42N2O2. The molecule has 0 aromatic heterocycles. The fraction of sp³-hybridized carbons (Fsp3) is 0.0968. The van der Waals surface area contributed by atoms with Crippen molar-refractivity contribution in [3.63, 3.8) is 0 Å². The van der Waals surface area contributed by atoms with Crippen molar-refractivity contribution in [3.05, 3.63) is 239 Å². The zero-order chi connectivity index (χ0) is 43.7. The molecule has 0 unspecified atom stereocenters. The van der Waals surface area contributed by atoms with Crippen LogP contribution in [0, 0.1) is 12.1 Å². The van der Waals surface area contributed by atoms with Crippen molar-refractivity contribution in [1.29, 1.82) is 0 Å². The predicted octanol–water partition coefficient (Wildman–Crippen LogP) is 16.0. The number of nitrogens with zero attached hydrogens (tertiary/aromatic N) is 2. The average Bonchev–Trinajstić information content (AvgIpc) is 3.95. The molecule has 2 heterocycles. The number of ether oxygens (including phenoxy) is 2. The largest absolute Gasteiger partial charge is 0.453 e. The zero-order valence-corrected chi connectivity index (χ0v) is 36.6. The van der Waals surface area contributed by atoms with Gasteiger partial charge in [-0.15, -0.1) is 0 Å². The number of para-hydroxylation sites is 8. The molecule has 0 bridgehead atoms. The maximum Gasteiger partial charge on any atom is 0.151 e. The standard InChI is InChI=1S/C62H42N2O2/c1-61(2)49-33-39(25-29-45(49)46-31-27-43(35-50(46)61)63-53-15-5-9-19-57(53)65-58-20-10-6-16-54(58)63)23-24-40-26-30-47-48-32-28-44(64-55-17-7-11-21-59(55)66-60-22-12-8-18-56(60)64)36-52(48)62(51(47)34-40)37-41-13-3-4-14-42(41)38-62/h3-26,28-30,32-36H,37-38H2,1-2H3/b24-23+. The number of anilines is 6. The average molecular weight is 847 g/mol. The van der Waals surface area contributed by atoms with Crippen molar-refractivity contribution in [1.82, 2.24) is 0 Å². The van der Waals surface area contributed by atoms with Gasteiger partial charge in [0.1, 0.15) is 0 Å². The summed E-state index contributed by atoms with van der Waals surface area (Å²) >= 11 is 0. The van der Waals surface area contributed by atoms with Crippen LogP contribution in [0.4, 0.5) is 34.1 Å². The van der Waals surface area contributed by atoms with Gasteiger partial charge >= 0.3 is 0 Å². The number of benzene rings is 8. The molecular weight excluding hydrogens is 805 g/mol. The van der Waals surface area contributed by atoms with Crippen LogP contribution in [0.25, 0.3) is 34.4 Å². The van der Waals surface area contributed by atoms with E-state index in [1.807, 2.05) is 36.4 Å². The highest BCUT2D eigenvalue weighted by Gasteiger charge is 2.48. The summed E-state index contributed by atoms with van der Waals surface area (Å²) in [7, 11) is 0. The van der Waals surface area contributed by atoms with Crippen LogP contribution in [0.1, 0.15) is 58.4 Å². The van der Waals surface area contributed by atoms with Gasteiger partial charge in [-0.2, -0.15) is 0 Å². The quantitative estimate of drug-likeness (QED) is 0.165. The molecule has 14 rings (SSSR count). The summed E-state index contributed by atoms with van der Waals surface area (Å²) in [4.78, 5) is 4.62. The molecule has 1 spiro atoms. The summed E-state index contributed by atoms with van der Waals surface area (Å²) in [6, 6.07) is 72.8. The third-order valence-electron chi connectivity index (χ3n) is 14.8. The molecule has 5 aliphatic rings. The minimum Gasteiger partial charge on any atom is -0.453 e. The van der Waals surface area contributed by atoms with Gasteiger partial charge in [0.2, 0.25) is 0 Å². The second kappa shape index (κ2) is 13.6. The smallest absolute Gasteiger partial charge is 0.151 e. The minimum absolute atomic E-state index is 0.180. The van der Waals surface area contributed by atoms with Gasteiger partial charge in [0.15, 0.2) is 23.0 Å². The maximum atomic E-state index is 6.41. The molecule has 66 heavy (non-hydrogen) atoms. The van der Waals surface area contributed by atoms with E-state index in [-0.39, 0.29) is 10.8 Å². The molecule has 0 N–H and O–H groups in total. The maximum absolute atomic E-state index is 6.41. The Bertz CT molecular complexity index is 3440. The van der Waals surface area contributed by atoms with E-state index in [4.69, 9.17) is 9.47 Å². The highest BCUT2D eigenvalue weighted by Crippen LogP contribution is 2.59. The van der Waals surface area contributed by atoms with Gasteiger partial charge in [0.25, 0.3) is 0 Å². The Morgan fingerprint density at radius 1 is 0.439 bits per heavy atom. The first-order valence-electron chi connectivity index (χ1n) is 22.9. The Kier molecular flexibility index (Phi) is 7.67. The highest BCUT2D eigenvalue weighted by atomic mass is 16.5. The van der Waals surface area contributed by atoms with Crippen molar-refractivity contribution >= 4 is 46.3 Å². The van der Waals surface area contributed by atoms with E-state index in [9.17, 15) is 0 Å². The van der Waals surface area contributed by atoms with E-state index in [0.717, 1.165) is 75.5 Å². The van der Waals surface area contributed by atoms with E-state index >= 15 is 0 Å². The lowest BCUT2D eigenvalue weighted by molar-refractivity contribution is 0.476. The van der Waals surface area contributed by atoms with E-state index in [1.165, 1.54) is 61.2 Å². The molecule has 0 amide bonds. The number of rotatable bonds is 4. The second-order valence-electron chi connectivity index (χ2n) is 18.8. The molecule has 0 fully saturated rings. The van der Waals surface area contributed by atoms with Crippen LogP contribution in [0.15, 0.2) is 182 Å². The first kappa shape index (κ1) is 37.1. The summed E-state index contributed by atoms with van der Waals surface area (Å²) in [5.41, 5.74) is 21.4. The van der Waals surface area contributed by atoms with Crippen LogP contribution in [0.3, 0.4) is 0 Å². The predicted molar refractivity (Wildman–Crippen MR) is 267 cm³/mol. The van der Waals surface area contributed by atoms with Gasteiger partial charge in [-0.05, 0) is 147 Å². The van der Waals surface area contributed by atoms with Crippen LogP contribution in [-0.4, -0.2) is 0 Å². The molecule has 312 valence electrons. The third kappa shape index (κ3) is 5.29. The van der Waals surface area contributed by atoms with E-state index in [1.54, 1.807) is 0 Å². The van der Waals surface area contributed by atoms with Crippen molar-refractivity contribution in [3.8, 4) is 45.3 Å². The Balaban J connectivity index is 0.814. The summed E-state index contributed by atoms with van der Waals surface area (Å²) in [5.74, 6) is 3.39. The van der Waals surface area contributed by atoms with Gasteiger partial charge in [-0.25, -0.2) is 0 Å². The molecule has 9 aromatic rings. The number of hydrogen-bond donors (Lipinski definition) is 0. The van der Waals surface area contributed by atoms with Crippen LogP contribution in [0.5, 0.6) is 23.0 Å². The lowest BCUT2D eigenvalue weighted by Gasteiger charge is -2.34. The number of fused-ring (bicyclic) bond motifs is 13. The molecule has 0 saturated heterocycles. The first-order valence-corrected chi connectivity index (χ1v) is 22.9. The number of hydrogen-bond acceptors (Lipinski definition) is 4. The van der Waals surface area contributed by atoms with Crippen molar-refractivity contribution in [2.75, 3.05) is 9.80 Å². The summed E-state index contributed by atoms with van der Waals surface area (Å²) in [6.07, 6.45) is 6.52. The molecule has 0 saturated carbocycles. The summed E-state index contributed by atoms with van der Waals surface area (Å²) in [6.45, 7) is 4.67. The van der Waals surface area contributed by atoms with Gasteiger partial charge in [0.05, 0.1) is 28.4 Å². The van der Waals surface area contributed by atoms with Crippen molar-refractivity contribution in [2.45, 2.75) is 37.5 Å². The third-order valence-corrected chi connectivity index (χ3v) is 14.8. The van der Waals surface area contributed by atoms with Crippen LogP contribution >= 0.6 is 0 Å². The van der Waals surface area contributed by atoms with Crippen LogP contribution in [-0.2, 0) is 23.7 Å². The van der Waals surface area contributed by atoms with Crippen LogP contribution < -0.4 is 19.3 Å². The monoisotopic (exact) mass is 846 g/mol. The fourth-order valence-corrected chi connectivity index (χ4v) is 11.7. The van der Waals surface area contributed by atoms with Gasteiger partial charge in [0, 0.05) is 22.1 Å².